The van der Waals surface area contributed by atoms with Gasteiger partial charge in [-0.3, -0.25) is 4.21 Å². The van der Waals surface area contributed by atoms with E-state index in [9.17, 15) is 14.1 Å². The van der Waals surface area contributed by atoms with Crippen molar-refractivity contribution in [1.29, 1.82) is 0 Å². The minimum Gasteiger partial charge on any atom is -0.394 e. The van der Waals surface area contributed by atoms with E-state index in [2.05, 4.69) is 10.6 Å². The highest BCUT2D eigenvalue weighted by atomic mass is 32.2. The van der Waals surface area contributed by atoms with Crippen LogP contribution in [-0.2, 0) is 10.8 Å². The van der Waals surface area contributed by atoms with Crippen molar-refractivity contribution in [3.63, 3.8) is 0 Å². The minimum absolute atomic E-state index is 0.175. The first-order valence-corrected chi connectivity index (χ1v) is 8.25. The lowest BCUT2D eigenvalue weighted by Crippen LogP contribution is -2.41. The number of hydrogen-bond acceptors (Lipinski definition) is 3. The molecule has 3 N–H and O–H groups in total. The van der Waals surface area contributed by atoms with Crippen LogP contribution in [0.15, 0.2) is 30.3 Å². The number of nitrogens with one attached hydrogen (secondary N) is 2. The van der Waals surface area contributed by atoms with Gasteiger partial charge in [0.25, 0.3) is 0 Å². The van der Waals surface area contributed by atoms with Crippen molar-refractivity contribution in [2.45, 2.75) is 31.6 Å². The van der Waals surface area contributed by atoms with Gasteiger partial charge in [-0.15, -0.1) is 0 Å². The van der Waals surface area contributed by atoms with Crippen molar-refractivity contribution < 1.29 is 14.1 Å². The van der Waals surface area contributed by atoms with Crippen LogP contribution in [0.2, 0.25) is 0 Å². The molecule has 1 rings (SSSR count). The molecule has 0 aliphatic heterocycles. The van der Waals surface area contributed by atoms with E-state index in [0.29, 0.717) is 12.3 Å². The zero-order valence-electron chi connectivity index (χ0n) is 12.8. The average Bonchev–Trinajstić information content (AvgIpc) is 2.44. The molecule has 0 radical (unpaired) electrons. The normalized spacial score (nSPS) is 14.3. The van der Waals surface area contributed by atoms with E-state index in [4.69, 9.17) is 0 Å². The van der Waals surface area contributed by atoms with Crippen LogP contribution in [0.4, 0.5) is 4.79 Å². The predicted molar refractivity (Wildman–Crippen MR) is 85.6 cm³/mol. The van der Waals surface area contributed by atoms with E-state index < -0.39 is 16.8 Å². The first-order chi connectivity index (χ1) is 9.84. The quantitative estimate of drug-likeness (QED) is 0.746. The molecule has 0 fully saturated rings. The van der Waals surface area contributed by atoms with Gasteiger partial charge in [0.05, 0.1) is 12.6 Å². The van der Waals surface area contributed by atoms with Crippen molar-refractivity contribution in [1.82, 2.24) is 10.6 Å². The lowest BCUT2D eigenvalue weighted by Gasteiger charge is -2.19. The molecule has 2 atom stereocenters. The Hall–Kier alpha value is -1.40. The average molecular weight is 312 g/mol. The molecule has 0 aliphatic carbocycles. The Labute approximate surface area is 128 Å². The predicted octanol–water partition coefficient (Wildman–Crippen LogP) is 1.57. The van der Waals surface area contributed by atoms with Gasteiger partial charge in [0.15, 0.2) is 0 Å². The summed E-state index contributed by atoms with van der Waals surface area (Å²) in [4.78, 5) is 11.8. The topological polar surface area (TPSA) is 78.4 Å². The van der Waals surface area contributed by atoms with Gasteiger partial charge in [0.1, 0.15) is 0 Å². The molecule has 0 aromatic heterocycles. The molecule has 2 amide bonds. The van der Waals surface area contributed by atoms with Gasteiger partial charge < -0.3 is 15.7 Å². The third-order valence-electron chi connectivity index (χ3n) is 2.95. The number of aliphatic hydroxyl groups excluding tert-OH is 1. The summed E-state index contributed by atoms with van der Waals surface area (Å²) in [6.07, 6.45) is 0. The fourth-order valence-electron chi connectivity index (χ4n) is 1.69. The van der Waals surface area contributed by atoms with Gasteiger partial charge in [-0.05, 0) is 26.3 Å². The number of rotatable bonds is 6. The van der Waals surface area contributed by atoms with E-state index in [1.165, 1.54) is 0 Å². The summed E-state index contributed by atoms with van der Waals surface area (Å²) in [5, 5.41) is 14.7. The SMILES string of the molecule is CC(C)(C)S(=O)CCNC(=O)NC(CO)c1ccccc1. The molecule has 0 bridgehead atoms. The third kappa shape index (κ3) is 6.27. The van der Waals surface area contributed by atoms with Gasteiger partial charge in [-0.1, -0.05) is 30.3 Å². The molecular weight excluding hydrogens is 288 g/mol. The van der Waals surface area contributed by atoms with Gasteiger partial charge in [-0.2, -0.15) is 0 Å². The van der Waals surface area contributed by atoms with E-state index in [1.807, 2.05) is 51.1 Å². The standard InChI is InChI=1S/C15H24N2O3S/c1-15(2,3)21(20)10-9-16-14(19)17-13(11-18)12-7-5-4-6-8-12/h4-8,13,18H,9-11H2,1-3H3,(H2,16,17,19). The number of aliphatic hydroxyl groups is 1. The Morgan fingerprint density at radius 2 is 1.90 bits per heavy atom. The fourth-order valence-corrected chi connectivity index (χ4v) is 2.59. The molecule has 0 saturated carbocycles. The van der Waals surface area contributed by atoms with Crippen LogP contribution < -0.4 is 10.6 Å². The van der Waals surface area contributed by atoms with Gasteiger partial charge in [0, 0.05) is 27.8 Å². The summed E-state index contributed by atoms with van der Waals surface area (Å²) >= 11 is 0. The molecule has 5 nitrogen and oxygen atoms in total. The van der Waals surface area contributed by atoms with Crippen molar-refractivity contribution >= 4 is 16.8 Å². The van der Waals surface area contributed by atoms with Gasteiger partial charge in [0.2, 0.25) is 0 Å². The summed E-state index contributed by atoms with van der Waals surface area (Å²) in [6, 6.07) is 8.45. The Balaban J connectivity index is 2.41. The summed E-state index contributed by atoms with van der Waals surface area (Å²) in [6.45, 7) is 5.87. The van der Waals surface area contributed by atoms with E-state index in [0.717, 1.165) is 5.56 Å². The molecule has 2 unspecified atom stereocenters. The van der Waals surface area contributed by atoms with Crippen LogP contribution in [0.25, 0.3) is 0 Å². The van der Waals surface area contributed by atoms with Crippen LogP contribution >= 0.6 is 0 Å². The smallest absolute Gasteiger partial charge is 0.315 e. The maximum atomic E-state index is 11.8. The number of amides is 2. The Morgan fingerprint density at radius 3 is 2.43 bits per heavy atom. The highest BCUT2D eigenvalue weighted by Crippen LogP contribution is 2.12. The molecule has 118 valence electrons. The lowest BCUT2D eigenvalue weighted by atomic mass is 10.1. The summed E-state index contributed by atoms with van der Waals surface area (Å²) < 4.78 is 11.6. The second-order valence-corrected chi connectivity index (χ2v) is 8.03. The van der Waals surface area contributed by atoms with Gasteiger partial charge >= 0.3 is 6.03 Å². The van der Waals surface area contributed by atoms with Crippen LogP contribution in [0.1, 0.15) is 32.4 Å². The molecule has 0 spiro atoms. The Bertz CT molecular complexity index is 472. The fraction of sp³-hybridized carbons (Fsp3) is 0.533. The number of carbonyl (C=O) groups excluding carboxylic acids is 1. The zero-order valence-corrected chi connectivity index (χ0v) is 13.6. The van der Waals surface area contributed by atoms with Crippen LogP contribution in [0.5, 0.6) is 0 Å². The molecule has 1 aromatic carbocycles. The Morgan fingerprint density at radius 1 is 1.29 bits per heavy atom. The second kappa shape index (κ2) is 8.14. The first-order valence-electron chi connectivity index (χ1n) is 6.93. The van der Waals surface area contributed by atoms with Crippen LogP contribution in [-0.4, -0.2) is 39.0 Å². The molecule has 0 saturated heterocycles. The first kappa shape index (κ1) is 17.7. The van der Waals surface area contributed by atoms with Crippen molar-refractivity contribution in [2.75, 3.05) is 18.9 Å². The number of carbonyl (C=O) groups is 1. The zero-order chi connectivity index (χ0) is 15.9. The molecule has 1 aromatic rings. The monoisotopic (exact) mass is 312 g/mol. The van der Waals surface area contributed by atoms with E-state index in [1.54, 1.807) is 0 Å². The number of urea groups is 1. The molecule has 6 heteroatoms. The summed E-state index contributed by atoms with van der Waals surface area (Å²) in [5.74, 6) is 0.409. The van der Waals surface area contributed by atoms with Gasteiger partial charge in [-0.25, -0.2) is 4.79 Å². The van der Waals surface area contributed by atoms with Crippen LogP contribution in [0, 0.1) is 0 Å². The highest BCUT2D eigenvalue weighted by molar-refractivity contribution is 7.86. The number of benzene rings is 1. The summed E-state index contributed by atoms with van der Waals surface area (Å²) in [7, 11) is -0.996. The van der Waals surface area contributed by atoms with E-state index >= 15 is 0 Å². The molecule has 0 heterocycles. The molecule has 0 aliphatic rings. The van der Waals surface area contributed by atoms with Crippen molar-refractivity contribution in [2.24, 2.45) is 0 Å². The second-order valence-electron chi connectivity index (χ2n) is 5.71. The van der Waals surface area contributed by atoms with Crippen LogP contribution in [0.3, 0.4) is 0 Å². The largest absolute Gasteiger partial charge is 0.394 e. The molecular formula is C15H24N2O3S. The molecule has 21 heavy (non-hydrogen) atoms. The summed E-state index contributed by atoms with van der Waals surface area (Å²) in [5.41, 5.74) is 0.841. The van der Waals surface area contributed by atoms with Crippen molar-refractivity contribution in [3.05, 3.63) is 35.9 Å². The maximum Gasteiger partial charge on any atom is 0.315 e. The highest BCUT2D eigenvalue weighted by Gasteiger charge is 2.19. The number of hydrogen-bond donors (Lipinski definition) is 3. The Kier molecular flexibility index (Phi) is 6.84. The minimum atomic E-state index is -0.996. The maximum absolute atomic E-state index is 11.8. The third-order valence-corrected chi connectivity index (χ3v) is 4.89. The lowest BCUT2D eigenvalue weighted by molar-refractivity contribution is 0.217. The van der Waals surface area contributed by atoms with Crippen molar-refractivity contribution in [3.8, 4) is 0 Å². The van der Waals surface area contributed by atoms with E-state index in [-0.39, 0.29) is 17.4 Å².